The number of thiophene rings is 1. The van der Waals surface area contributed by atoms with Crippen molar-refractivity contribution >= 4 is 35.0 Å². The van der Waals surface area contributed by atoms with Gasteiger partial charge in [-0.3, -0.25) is 9.59 Å². The molecule has 1 aliphatic carbocycles. The molecule has 1 atom stereocenters. The molecule has 4 nitrogen and oxygen atoms in total. The van der Waals surface area contributed by atoms with Crippen LogP contribution in [0.25, 0.3) is 0 Å². The molecule has 2 fully saturated rings. The van der Waals surface area contributed by atoms with Crippen molar-refractivity contribution in [3.63, 3.8) is 0 Å². The Balaban J connectivity index is 1.65. The van der Waals surface area contributed by atoms with Crippen molar-refractivity contribution in [2.45, 2.75) is 42.8 Å². The van der Waals surface area contributed by atoms with Crippen LogP contribution in [0.15, 0.2) is 17.5 Å². The predicted octanol–water partition coefficient (Wildman–Crippen LogP) is 3.07. The van der Waals surface area contributed by atoms with Crippen molar-refractivity contribution in [1.82, 2.24) is 4.90 Å². The zero-order chi connectivity index (χ0) is 16.3. The molecule has 6 heteroatoms. The summed E-state index contributed by atoms with van der Waals surface area (Å²) in [6.07, 6.45) is 5.19. The minimum atomic E-state index is -0.282. The summed E-state index contributed by atoms with van der Waals surface area (Å²) in [6, 6.07) is 4.17. The van der Waals surface area contributed by atoms with Gasteiger partial charge in [-0.25, -0.2) is 0 Å². The molecule has 1 aromatic rings. The summed E-state index contributed by atoms with van der Waals surface area (Å²) in [6.45, 7) is 1.57. The molecule has 1 saturated carbocycles. The third-order valence-corrected chi connectivity index (χ3v) is 7.29. The minimum Gasteiger partial charge on any atom is -0.468 e. The first-order valence-corrected chi connectivity index (χ1v) is 10.1. The summed E-state index contributed by atoms with van der Waals surface area (Å²) >= 11 is 3.32. The van der Waals surface area contributed by atoms with Crippen LogP contribution in [0.2, 0.25) is 0 Å². The van der Waals surface area contributed by atoms with Gasteiger partial charge in [-0.2, -0.15) is 0 Å². The zero-order valence-electron chi connectivity index (χ0n) is 13.5. The van der Waals surface area contributed by atoms with E-state index in [2.05, 4.69) is 11.4 Å². The van der Waals surface area contributed by atoms with Crippen LogP contribution in [0.3, 0.4) is 0 Å². The Morgan fingerprint density at radius 1 is 1.43 bits per heavy atom. The van der Waals surface area contributed by atoms with Gasteiger partial charge in [-0.1, -0.05) is 18.9 Å². The van der Waals surface area contributed by atoms with E-state index >= 15 is 0 Å². The lowest BCUT2D eigenvalue weighted by Gasteiger charge is -2.31. The maximum atomic E-state index is 13.2. The van der Waals surface area contributed by atoms with Gasteiger partial charge in [0.1, 0.15) is 0 Å². The Hall–Kier alpha value is -1.01. The molecule has 0 radical (unpaired) electrons. The number of methoxy groups -OCH3 is 1. The Labute approximate surface area is 145 Å². The Morgan fingerprint density at radius 2 is 2.22 bits per heavy atom. The van der Waals surface area contributed by atoms with Crippen LogP contribution >= 0.6 is 23.1 Å². The van der Waals surface area contributed by atoms with Crippen LogP contribution in [0.1, 0.15) is 37.0 Å². The van der Waals surface area contributed by atoms with E-state index in [0.717, 1.165) is 45.2 Å². The van der Waals surface area contributed by atoms with Gasteiger partial charge in [0.15, 0.2) is 0 Å². The van der Waals surface area contributed by atoms with E-state index in [9.17, 15) is 9.59 Å². The van der Waals surface area contributed by atoms with Gasteiger partial charge in [0.2, 0.25) is 5.91 Å². The maximum absolute atomic E-state index is 13.2. The third-order valence-electron chi connectivity index (χ3n) is 4.96. The molecule has 126 valence electrons. The normalized spacial score (nSPS) is 23.2. The second kappa shape index (κ2) is 7.26. The van der Waals surface area contributed by atoms with Gasteiger partial charge in [0, 0.05) is 23.2 Å². The standard InChI is InChI=1S/C17H23NO3S2/c1-21-15(19)12-23-13-6-9-18(11-13)16(20)17(7-2-3-8-17)14-5-4-10-22-14/h4-5,10,13H,2-3,6-9,11-12H2,1H3/t13-/m1/s1. The lowest BCUT2D eigenvalue weighted by Crippen LogP contribution is -2.44. The molecule has 0 bridgehead atoms. The second-order valence-corrected chi connectivity index (χ2v) is 8.55. The number of hydrogen-bond acceptors (Lipinski definition) is 5. The minimum absolute atomic E-state index is 0.189. The summed E-state index contributed by atoms with van der Waals surface area (Å²) in [5.41, 5.74) is -0.282. The molecule has 0 spiro atoms. The number of ether oxygens (including phenoxy) is 1. The van der Waals surface area contributed by atoms with Crippen LogP contribution in [-0.2, 0) is 19.7 Å². The van der Waals surface area contributed by atoms with Crippen LogP contribution in [0, 0.1) is 0 Å². The third kappa shape index (κ3) is 3.43. The van der Waals surface area contributed by atoms with E-state index in [1.54, 1.807) is 23.1 Å². The van der Waals surface area contributed by atoms with Gasteiger partial charge in [-0.05, 0) is 30.7 Å². The van der Waals surface area contributed by atoms with Crippen LogP contribution in [-0.4, -0.2) is 48.0 Å². The maximum Gasteiger partial charge on any atom is 0.315 e. The molecular formula is C17H23NO3S2. The molecule has 1 aliphatic heterocycles. The number of carbonyl (C=O) groups is 2. The van der Waals surface area contributed by atoms with Gasteiger partial charge < -0.3 is 9.64 Å². The highest BCUT2D eigenvalue weighted by Crippen LogP contribution is 2.45. The lowest BCUT2D eigenvalue weighted by atomic mass is 9.83. The molecule has 0 aromatic carbocycles. The van der Waals surface area contributed by atoms with E-state index in [1.165, 1.54) is 12.0 Å². The molecule has 2 heterocycles. The first-order chi connectivity index (χ1) is 11.2. The van der Waals surface area contributed by atoms with Crippen molar-refractivity contribution in [1.29, 1.82) is 0 Å². The van der Waals surface area contributed by atoms with Crippen LogP contribution in [0.4, 0.5) is 0 Å². The zero-order valence-corrected chi connectivity index (χ0v) is 15.1. The number of rotatable bonds is 5. The van der Waals surface area contributed by atoms with E-state index in [1.807, 2.05) is 11.0 Å². The summed E-state index contributed by atoms with van der Waals surface area (Å²) in [7, 11) is 1.41. The van der Waals surface area contributed by atoms with Crippen molar-refractivity contribution in [2.75, 3.05) is 26.0 Å². The molecule has 1 saturated heterocycles. The van der Waals surface area contributed by atoms with Gasteiger partial charge in [-0.15, -0.1) is 23.1 Å². The number of likely N-dealkylation sites (tertiary alicyclic amines) is 1. The quantitative estimate of drug-likeness (QED) is 0.763. The second-order valence-electron chi connectivity index (χ2n) is 6.32. The number of nitrogens with zero attached hydrogens (tertiary/aromatic N) is 1. The number of amides is 1. The molecule has 2 aliphatic rings. The molecule has 0 unspecified atom stereocenters. The first-order valence-electron chi connectivity index (χ1n) is 8.17. The molecule has 1 aromatic heterocycles. The smallest absolute Gasteiger partial charge is 0.315 e. The topological polar surface area (TPSA) is 46.6 Å². The van der Waals surface area contributed by atoms with Crippen LogP contribution in [0.5, 0.6) is 0 Å². The highest BCUT2D eigenvalue weighted by atomic mass is 32.2. The fourth-order valence-electron chi connectivity index (χ4n) is 3.69. The SMILES string of the molecule is COC(=O)CS[C@@H]1CCN(C(=O)C2(c3cccs3)CCCC2)C1. The van der Waals surface area contributed by atoms with E-state index in [-0.39, 0.29) is 11.4 Å². The fraction of sp³-hybridized carbons (Fsp3) is 0.647. The summed E-state index contributed by atoms with van der Waals surface area (Å²) < 4.78 is 4.69. The number of esters is 1. The Kier molecular flexibility index (Phi) is 5.31. The highest BCUT2D eigenvalue weighted by molar-refractivity contribution is 8.00. The van der Waals surface area contributed by atoms with Gasteiger partial charge >= 0.3 is 5.97 Å². The van der Waals surface area contributed by atoms with Crippen molar-refractivity contribution in [3.05, 3.63) is 22.4 Å². The molecule has 1 amide bonds. The molecule has 3 rings (SSSR count). The number of thioether (sulfide) groups is 1. The van der Waals surface area contributed by atoms with Gasteiger partial charge in [0.05, 0.1) is 18.3 Å². The van der Waals surface area contributed by atoms with Crippen molar-refractivity contribution in [3.8, 4) is 0 Å². The van der Waals surface area contributed by atoms with E-state index in [4.69, 9.17) is 4.74 Å². The Bertz CT molecular complexity index is 552. The van der Waals surface area contributed by atoms with Crippen molar-refractivity contribution < 1.29 is 14.3 Å². The van der Waals surface area contributed by atoms with Crippen molar-refractivity contribution in [2.24, 2.45) is 0 Å². The van der Waals surface area contributed by atoms with E-state index in [0.29, 0.717) is 16.9 Å². The lowest BCUT2D eigenvalue weighted by molar-refractivity contribution is -0.137. The summed E-state index contributed by atoms with van der Waals surface area (Å²) in [4.78, 5) is 27.8. The molecule has 0 N–H and O–H groups in total. The average molecular weight is 354 g/mol. The van der Waals surface area contributed by atoms with E-state index < -0.39 is 0 Å². The average Bonchev–Trinajstić information content (AvgIpc) is 3.33. The monoisotopic (exact) mass is 353 g/mol. The van der Waals surface area contributed by atoms with Gasteiger partial charge in [0.25, 0.3) is 0 Å². The molecular weight excluding hydrogens is 330 g/mol. The number of hydrogen-bond donors (Lipinski definition) is 0. The van der Waals surface area contributed by atoms with Crippen LogP contribution < -0.4 is 0 Å². The summed E-state index contributed by atoms with van der Waals surface area (Å²) in [5, 5.41) is 2.42. The number of carbonyl (C=O) groups excluding carboxylic acids is 2. The first kappa shape index (κ1) is 16.8. The molecule has 23 heavy (non-hydrogen) atoms. The summed E-state index contributed by atoms with van der Waals surface area (Å²) in [5.74, 6) is 0.489. The highest BCUT2D eigenvalue weighted by Gasteiger charge is 2.46. The predicted molar refractivity (Wildman–Crippen MR) is 93.9 cm³/mol. The fourth-order valence-corrected chi connectivity index (χ4v) is 5.72. The largest absolute Gasteiger partial charge is 0.468 e. The Morgan fingerprint density at radius 3 is 2.87 bits per heavy atom.